The van der Waals surface area contributed by atoms with E-state index in [0.717, 1.165) is 10.5 Å². The Morgan fingerprint density at radius 3 is 2.76 bits per heavy atom. The molecule has 1 heterocycles. The number of likely N-dealkylation sites (N-methyl/N-ethyl adjacent to an activating group) is 1. The van der Waals surface area contributed by atoms with Gasteiger partial charge in [0.15, 0.2) is 0 Å². The number of fused-ring (bicyclic) bond motifs is 1. The van der Waals surface area contributed by atoms with Gasteiger partial charge in [0.2, 0.25) is 0 Å². The lowest BCUT2D eigenvalue weighted by Gasteiger charge is -2.25. The molecule has 2 N–H and O–H groups in total. The van der Waals surface area contributed by atoms with Gasteiger partial charge in [-0.1, -0.05) is 24.3 Å². The molecular formula is C19H22N2O3S. The molecule has 2 aromatic rings. The van der Waals surface area contributed by atoms with Crippen LogP contribution in [0.15, 0.2) is 53.4 Å². The Kier molecular flexibility index (Phi) is 4.49. The Balaban J connectivity index is 1.90. The summed E-state index contributed by atoms with van der Waals surface area (Å²) < 4.78 is 27.0. The standard InChI is InChI=1S/C19H22N2O3S/c1-20-11-12-21-15-5-3-4-6-16(15)25-18(17(22)19(21)23)13-7-9-14(24-2)10-8-13/h3-10,17-18,20,22H,11-12H2,1-2H3/t17-,18+/m1/s1/i1D3. The predicted molar refractivity (Wildman–Crippen MR) is 100 cm³/mol. The van der Waals surface area contributed by atoms with Crippen molar-refractivity contribution in [2.45, 2.75) is 16.2 Å². The van der Waals surface area contributed by atoms with Gasteiger partial charge in [-0.25, -0.2) is 0 Å². The van der Waals surface area contributed by atoms with E-state index in [2.05, 4.69) is 5.32 Å². The molecule has 1 amide bonds. The zero-order valence-corrected chi connectivity index (χ0v) is 14.6. The fourth-order valence-corrected chi connectivity index (χ4v) is 4.10. The quantitative estimate of drug-likeness (QED) is 0.857. The molecule has 0 saturated heterocycles. The first kappa shape index (κ1) is 14.2. The number of thioether (sulfide) groups is 1. The number of aliphatic hydroxyl groups excluding tert-OH is 1. The lowest BCUT2D eigenvalue weighted by atomic mass is 10.1. The summed E-state index contributed by atoms with van der Waals surface area (Å²) in [5.74, 6) is 0.242. The highest BCUT2D eigenvalue weighted by Gasteiger charge is 2.36. The average Bonchev–Trinajstić information content (AvgIpc) is 2.77. The largest absolute Gasteiger partial charge is 0.497 e. The maximum absolute atomic E-state index is 13.0. The fourth-order valence-electron chi connectivity index (χ4n) is 2.83. The van der Waals surface area contributed by atoms with Gasteiger partial charge in [0.25, 0.3) is 5.91 Å². The topological polar surface area (TPSA) is 61.8 Å². The Hall–Kier alpha value is -2.02. The lowest BCUT2D eigenvalue weighted by Crippen LogP contribution is -2.43. The SMILES string of the molecule is [2H]C([2H])([2H])NCCN1C(=O)[C@H](O)[C@H](c2ccc(OC)cc2)Sc2ccccc21. The molecule has 6 heteroatoms. The summed E-state index contributed by atoms with van der Waals surface area (Å²) in [6.07, 6.45) is -1.27. The molecule has 2 atom stereocenters. The number of methoxy groups -OCH3 is 1. The maximum Gasteiger partial charge on any atom is 0.257 e. The van der Waals surface area contributed by atoms with E-state index in [1.807, 2.05) is 30.3 Å². The van der Waals surface area contributed by atoms with Gasteiger partial charge in [-0.05, 0) is 36.8 Å². The van der Waals surface area contributed by atoms with Crippen molar-refractivity contribution < 1.29 is 18.8 Å². The highest BCUT2D eigenvalue weighted by molar-refractivity contribution is 7.99. The molecule has 3 rings (SSSR count). The van der Waals surface area contributed by atoms with E-state index >= 15 is 0 Å². The number of nitrogens with one attached hydrogen (secondary N) is 1. The van der Waals surface area contributed by atoms with E-state index in [9.17, 15) is 9.90 Å². The minimum absolute atomic E-state index is 0.0845. The zero-order valence-electron chi connectivity index (χ0n) is 16.8. The minimum atomic E-state index is -2.28. The van der Waals surface area contributed by atoms with E-state index in [4.69, 9.17) is 8.85 Å². The van der Waals surface area contributed by atoms with Crippen LogP contribution in [0.5, 0.6) is 5.75 Å². The number of benzene rings is 2. The number of ether oxygens (including phenoxy) is 1. The van der Waals surface area contributed by atoms with Gasteiger partial charge in [-0.15, -0.1) is 11.8 Å². The van der Waals surface area contributed by atoms with Gasteiger partial charge >= 0.3 is 0 Å². The number of anilines is 1. The smallest absolute Gasteiger partial charge is 0.257 e. The molecule has 0 radical (unpaired) electrons. The average molecular weight is 361 g/mol. The lowest BCUT2D eigenvalue weighted by molar-refractivity contribution is -0.126. The third kappa shape index (κ3) is 3.66. The number of aliphatic hydroxyl groups is 1. The van der Waals surface area contributed by atoms with Crippen LogP contribution >= 0.6 is 11.8 Å². The Morgan fingerprint density at radius 2 is 2.04 bits per heavy atom. The second kappa shape index (κ2) is 7.91. The van der Waals surface area contributed by atoms with Gasteiger partial charge in [-0.3, -0.25) is 4.79 Å². The van der Waals surface area contributed by atoms with Crippen molar-refractivity contribution in [3.63, 3.8) is 0 Å². The molecule has 5 nitrogen and oxygen atoms in total. The van der Waals surface area contributed by atoms with E-state index in [1.165, 1.54) is 16.7 Å². The molecule has 0 bridgehead atoms. The first-order valence-corrected chi connectivity index (χ1v) is 8.82. The number of carbonyl (C=O) groups is 1. The second-order valence-electron chi connectivity index (χ2n) is 5.64. The summed E-state index contributed by atoms with van der Waals surface area (Å²) >= 11 is 1.41. The second-order valence-corrected chi connectivity index (χ2v) is 6.82. The number of nitrogens with zero attached hydrogens (tertiary/aromatic N) is 1. The van der Waals surface area contributed by atoms with Crippen LogP contribution < -0.4 is 15.0 Å². The Bertz CT molecular complexity index is 830. The molecule has 0 aliphatic carbocycles. The highest BCUT2D eigenvalue weighted by Crippen LogP contribution is 2.45. The van der Waals surface area contributed by atoms with Crippen LogP contribution in [0.2, 0.25) is 0 Å². The van der Waals surface area contributed by atoms with E-state index in [1.54, 1.807) is 25.3 Å². The van der Waals surface area contributed by atoms with Crippen LogP contribution in [0, 0.1) is 0 Å². The van der Waals surface area contributed by atoms with Crippen molar-refractivity contribution in [2.75, 3.05) is 32.1 Å². The van der Waals surface area contributed by atoms with E-state index in [-0.39, 0.29) is 13.1 Å². The summed E-state index contributed by atoms with van der Waals surface area (Å²) in [4.78, 5) is 15.3. The molecule has 1 aliphatic heterocycles. The Labute approximate surface area is 156 Å². The van der Waals surface area contributed by atoms with Gasteiger partial charge in [0.1, 0.15) is 11.9 Å². The van der Waals surface area contributed by atoms with Gasteiger partial charge in [0, 0.05) is 22.1 Å². The zero-order chi connectivity index (χ0) is 20.3. The summed E-state index contributed by atoms with van der Waals surface area (Å²) in [6, 6.07) is 14.6. The molecule has 0 saturated carbocycles. The highest BCUT2D eigenvalue weighted by atomic mass is 32.2. The number of hydrogen-bond acceptors (Lipinski definition) is 5. The number of hydrogen-bond donors (Lipinski definition) is 2. The third-order valence-electron chi connectivity index (χ3n) is 4.12. The number of carbonyl (C=O) groups excluding carboxylic acids is 1. The number of amides is 1. The van der Waals surface area contributed by atoms with Crippen molar-refractivity contribution in [2.24, 2.45) is 0 Å². The van der Waals surface area contributed by atoms with Crippen molar-refractivity contribution in [3.05, 3.63) is 54.1 Å². The monoisotopic (exact) mass is 361 g/mol. The molecule has 1 aliphatic rings. The molecular weight excluding hydrogens is 336 g/mol. The van der Waals surface area contributed by atoms with Crippen LogP contribution in [0.25, 0.3) is 0 Å². The normalized spacial score (nSPS) is 22.4. The molecule has 0 spiro atoms. The molecule has 2 aromatic carbocycles. The van der Waals surface area contributed by atoms with Crippen LogP contribution in [0.1, 0.15) is 14.9 Å². The number of rotatable bonds is 5. The molecule has 132 valence electrons. The van der Waals surface area contributed by atoms with Gasteiger partial charge in [0.05, 0.1) is 18.0 Å². The van der Waals surface area contributed by atoms with Crippen molar-refractivity contribution >= 4 is 23.4 Å². The maximum atomic E-state index is 13.0. The van der Waals surface area contributed by atoms with Crippen molar-refractivity contribution in [3.8, 4) is 5.75 Å². The van der Waals surface area contributed by atoms with Crippen molar-refractivity contribution in [1.29, 1.82) is 0 Å². The molecule has 0 fully saturated rings. The molecule has 0 aromatic heterocycles. The van der Waals surface area contributed by atoms with Gasteiger partial charge in [-0.2, -0.15) is 0 Å². The summed E-state index contributed by atoms with van der Waals surface area (Å²) in [6.45, 7) is -2.06. The summed E-state index contributed by atoms with van der Waals surface area (Å²) in [5.41, 5.74) is 1.48. The molecule has 25 heavy (non-hydrogen) atoms. The first-order valence-electron chi connectivity index (χ1n) is 9.44. The first-order chi connectivity index (χ1) is 13.3. The number of para-hydroxylation sites is 1. The van der Waals surface area contributed by atoms with Crippen LogP contribution in [-0.2, 0) is 4.79 Å². The molecule has 0 unspecified atom stereocenters. The fraction of sp³-hybridized carbons (Fsp3) is 0.316. The Morgan fingerprint density at radius 1 is 1.28 bits per heavy atom. The van der Waals surface area contributed by atoms with Gasteiger partial charge < -0.3 is 20.1 Å². The summed E-state index contributed by atoms with van der Waals surface area (Å²) in [7, 11) is 1.58. The van der Waals surface area contributed by atoms with Crippen LogP contribution in [0.3, 0.4) is 0 Å². The van der Waals surface area contributed by atoms with E-state index in [0.29, 0.717) is 11.4 Å². The summed E-state index contributed by atoms with van der Waals surface area (Å²) in [5, 5.41) is 12.8. The minimum Gasteiger partial charge on any atom is -0.497 e. The van der Waals surface area contributed by atoms with Crippen molar-refractivity contribution in [1.82, 2.24) is 5.32 Å². The van der Waals surface area contributed by atoms with E-state index < -0.39 is 24.2 Å². The predicted octanol–water partition coefficient (Wildman–Crippen LogP) is 2.46. The van der Waals surface area contributed by atoms with Crippen LogP contribution in [0.4, 0.5) is 5.69 Å². The van der Waals surface area contributed by atoms with Crippen LogP contribution in [-0.4, -0.2) is 44.3 Å². The third-order valence-corrected chi connectivity index (χ3v) is 5.50.